The molecule has 4 heteroatoms. The van der Waals surface area contributed by atoms with Gasteiger partial charge in [-0.2, -0.15) is 5.10 Å². The fourth-order valence-corrected chi connectivity index (χ4v) is 2.16. The van der Waals surface area contributed by atoms with E-state index in [-0.39, 0.29) is 0 Å². The second-order valence-electron chi connectivity index (χ2n) is 5.00. The third kappa shape index (κ3) is 3.70. The van der Waals surface area contributed by atoms with Crippen LogP contribution in [0.3, 0.4) is 0 Å². The number of aryl methyl sites for hydroxylation is 1. The molecule has 0 saturated heterocycles. The SMILES string of the molecule is CCCNC(C)c1ccn(Cc2cnn(CC)c2)c1. The second-order valence-corrected chi connectivity index (χ2v) is 5.00. The van der Waals surface area contributed by atoms with E-state index in [1.54, 1.807) is 0 Å². The molecule has 19 heavy (non-hydrogen) atoms. The fraction of sp³-hybridized carbons (Fsp3) is 0.533. The molecule has 0 aliphatic carbocycles. The van der Waals surface area contributed by atoms with Crippen molar-refractivity contribution in [3.05, 3.63) is 42.0 Å². The molecule has 0 bridgehead atoms. The molecule has 0 saturated carbocycles. The van der Waals surface area contributed by atoms with E-state index in [4.69, 9.17) is 0 Å². The largest absolute Gasteiger partial charge is 0.349 e. The van der Waals surface area contributed by atoms with Gasteiger partial charge in [0.2, 0.25) is 0 Å². The molecular weight excluding hydrogens is 236 g/mol. The van der Waals surface area contributed by atoms with E-state index < -0.39 is 0 Å². The van der Waals surface area contributed by atoms with E-state index in [1.807, 2.05) is 10.9 Å². The highest BCUT2D eigenvalue weighted by Gasteiger charge is 2.06. The van der Waals surface area contributed by atoms with Gasteiger partial charge >= 0.3 is 0 Å². The Morgan fingerprint density at radius 3 is 2.84 bits per heavy atom. The average molecular weight is 260 g/mol. The van der Waals surface area contributed by atoms with E-state index >= 15 is 0 Å². The van der Waals surface area contributed by atoms with Gasteiger partial charge in [-0.05, 0) is 38.4 Å². The molecule has 1 atom stereocenters. The molecule has 2 heterocycles. The summed E-state index contributed by atoms with van der Waals surface area (Å²) in [5, 5.41) is 7.81. The van der Waals surface area contributed by atoms with E-state index in [9.17, 15) is 0 Å². The fourth-order valence-electron chi connectivity index (χ4n) is 2.16. The number of aromatic nitrogens is 3. The summed E-state index contributed by atoms with van der Waals surface area (Å²) >= 11 is 0. The van der Waals surface area contributed by atoms with Crippen LogP contribution in [0.25, 0.3) is 0 Å². The number of nitrogens with one attached hydrogen (secondary N) is 1. The van der Waals surface area contributed by atoms with Crippen LogP contribution < -0.4 is 5.32 Å². The highest BCUT2D eigenvalue weighted by Crippen LogP contribution is 2.13. The van der Waals surface area contributed by atoms with Crippen molar-refractivity contribution in [2.24, 2.45) is 0 Å². The maximum atomic E-state index is 4.30. The minimum absolute atomic E-state index is 0.416. The number of rotatable bonds is 7. The number of hydrogen-bond donors (Lipinski definition) is 1. The molecule has 2 aromatic rings. The van der Waals surface area contributed by atoms with E-state index in [1.165, 1.54) is 17.5 Å². The van der Waals surface area contributed by atoms with Crippen molar-refractivity contribution in [3.63, 3.8) is 0 Å². The first-order valence-electron chi connectivity index (χ1n) is 7.13. The van der Waals surface area contributed by atoms with Crippen LogP contribution in [0.4, 0.5) is 0 Å². The van der Waals surface area contributed by atoms with Gasteiger partial charge < -0.3 is 9.88 Å². The molecule has 0 fully saturated rings. The topological polar surface area (TPSA) is 34.8 Å². The van der Waals surface area contributed by atoms with Gasteiger partial charge in [0, 0.05) is 36.7 Å². The van der Waals surface area contributed by atoms with Crippen molar-refractivity contribution >= 4 is 0 Å². The van der Waals surface area contributed by atoms with Crippen molar-refractivity contribution in [2.45, 2.75) is 46.3 Å². The minimum atomic E-state index is 0.416. The van der Waals surface area contributed by atoms with Gasteiger partial charge in [0.25, 0.3) is 0 Å². The molecule has 0 aromatic carbocycles. The zero-order chi connectivity index (χ0) is 13.7. The lowest BCUT2D eigenvalue weighted by Gasteiger charge is -2.11. The summed E-state index contributed by atoms with van der Waals surface area (Å²) in [5.74, 6) is 0. The van der Waals surface area contributed by atoms with Gasteiger partial charge in [0.05, 0.1) is 12.7 Å². The van der Waals surface area contributed by atoms with Gasteiger partial charge in [0.1, 0.15) is 0 Å². The summed E-state index contributed by atoms with van der Waals surface area (Å²) in [5.41, 5.74) is 2.59. The van der Waals surface area contributed by atoms with Crippen LogP contribution in [0, 0.1) is 0 Å². The summed E-state index contributed by atoms with van der Waals surface area (Å²) in [6, 6.07) is 2.61. The predicted octanol–water partition coefficient (Wildman–Crippen LogP) is 2.81. The first kappa shape index (κ1) is 13.9. The molecule has 0 aliphatic rings. The molecule has 1 N–H and O–H groups in total. The van der Waals surface area contributed by atoms with Gasteiger partial charge in [0.15, 0.2) is 0 Å². The van der Waals surface area contributed by atoms with Crippen LogP contribution in [0.1, 0.15) is 44.4 Å². The van der Waals surface area contributed by atoms with Crippen LogP contribution in [-0.2, 0) is 13.1 Å². The Hall–Kier alpha value is -1.55. The highest BCUT2D eigenvalue weighted by molar-refractivity contribution is 5.16. The molecule has 104 valence electrons. The lowest BCUT2D eigenvalue weighted by molar-refractivity contribution is 0.569. The smallest absolute Gasteiger partial charge is 0.0539 e. The third-order valence-electron chi connectivity index (χ3n) is 3.35. The Morgan fingerprint density at radius 1 is 1.32 bits per heavy atom. The van der Waals surface area contributed by atoms with Gasteiger partial charge in [-0.3, -0.25) is 4.68 Å². The maximum absolute atomic E-state index is 4.30. The number of hydrogen-bond acceptors (Lipinski definition) is 2. The van der Waals surface area contributed by atoms with Crippen molar-refractivity contribution in [1.29, 1.82) is 0 Å². The van der Waals surface area contributed by atoms with Crippen LogP contribution in [0.15, 0.2) is 30.9 Å². The lowest BCUT2D eigenvalue weighted by atomic mass is 10.2. The normalized spacial score (nSPS) is 12.8. The molecule has 0 amide bonds. The van der Waals surface area contributed by atoms with E-state index in [0.717, 1.165) is 19.6 Å². The Labute approximate surface area is 115 Å². The molecular formula is C15H24N4. The molecule has 2 aromatic heterocycles. The van der Waals surface area contributed by atoms with Crippen LogP contribution in [-0.4, -0.2) is 20.9 Å². The predicted molar refractivity (Wildman–Crippen MR) is 78.1 cm³/mol. The van der Waals surface area contributed by atoms with Crippen molar-refractivity contribution < 1.29 is 0 Å². The lowest BCUT2D eigenvalue weighted by Crippen LogP contribution is -2.18. The first-order chi connectivity index (χ1) is 9.22. The molecule has 2 rings (SSSR count). The van der Waals surface area contributed by atoms with Gasteiger partial charge in [-0.25, -0.2) is 0 Å². The van der Waals surface area contributed by atoms with E-state index in [0.29, 0.717) is 6.04 Å². The van der Waals surface area contributed by atoms with Crippen LogP contribution in [0.2, 0.25) is 0 Å². The van der Waals surface area contributed by atoms with Crippen molar-refractivity contribution in [2.75, 3.05) is 6.54 Å². The summed E-state index contributed by atoms with van der Waals surface area (Å²) in [4.78, 5) is 0. The number of nitrogens with zero attached hydrogens (tertiary/aromatic N) is 3. The van der Waals surface area contributed by atoms with Crippen molar-refractivity contribution in [3.8, 4) is 0 Å². The molecule has 4 nitrogen and oxygen atoms in total. The monoisotopic (exact) mass is 260 g/mol. The molecule has 0 radical (unpaired) electrons. The zero-order valence-electron chi connectivity index (χ0n) is 12.1. The van der Waals surface area contributed by atoms with Gasteiger partial charge in [-0.15, -0.1) is 0 Å². The quantitative estimate of drug-likeness (QED) is 0.830. The Morgan fingerprint density at radius 2 is 2.16 bits per heavy atom. The average Bonchev–Trinajstić information content (AvgIpc) is 3.05. The molecule has 0 aliphatic heterocycles. The zero-order valence-corrected chi connectivity index (χ0v) is 12.1. The third-order valence-corrected chi connectivity index (χ3v) is 3.35. The Bertz CT molecular complexity index is 498. The summed E-state index contributed by atoms with van der Waals surface area (Å²) in [7, 11) is 0. The maximum Gasteiger partial charge on any atom is 0.0539 e. The molecule has 0 spiro atoms. The second kappa shape index (κ2) is 6.57. The minimum Gasteiger partial charge on any atom is -0.349 e. The Balaban J connectivity index is 1.96. The first-order valence-corrected chi connectivity index (χ1v) is 7.13. The van der Waals surface area contributed by atoms with Crippen LogP contribution in [0.5, 0.6) is 0 Å². The highest BCUT2D eigenvalue weighted by atomic mass is 15.3. The van der Waals surface area contributed by atoms with Crippen molar-refractivity contribution in [1.82, 2.24) is 19.7 Å². The van der Waals surface area contributed by atoms with Gasteiger partial charge in [-0.1, -0.05) is 6.92 Å². The summed E-state index contributed by atoms with van der Waals surface area (Å²) < 4.78 is 4.18. The standard InChI is InChI=1S/C15H24N4/c1-4-7-16-13(3)15-6-8-18(12-15)10-14-9-17-19(5-2)11-14/h6,8-9,11-13,16H,4-5,7,10H2,1-3H3. The molecule has 1 unspecified atom stereocenters. The summed E-state index contributed by atoms with van der Waals surface area (Å²) in [6.07, 6.45) is 9.58. The Kier molecular flexibility index (Phi) is 4.80. The summed E-state index contributed by atoms with van der Waals surface area (Å²) in [6.45, 7) is 9.39. The van der Waals surface area contributed by atoms with Crippen LogP contribution >= 0.6 is 0 Å². The van der Waals surface area contributed by atoms with E-state index in [2.05, 4.69) is 60.4 Å².